The Morgan fingerprint density at radius 3 is 3.05 bits per heavy atom. The van der Waals surface area contributed by atoms with Crippen molar-refractivity contribution in [3.8, 4) is 0 Å². The van der Waals surface area contributed by atoms with Crippen molar-refractivity contribution in [3.63, 3.8) is 0 Å². The quantitative estimate of drug-likeness (QED) is 0.810. The van der Waals surface area contributed by atoms with Gasteiger partial charge in [-0.1, -0.05) is 38.0 Å². The predicted octanol–water partition coefficient (Wildman–Crippen LogP) is 3.17. The molecule has 4 N–H and O–H groups in total. The lowest BCUT2D eigenvalue weighted by Gasteiger charge is -2.36. The van der Waals surface area contributed by atoms with Crippen molar-refractivity contribution in [1.82, 2.24) is 4.98 Å². The lowest BCUT2D eigenvalue weighted by molar-refractivity contribution is -0.000725. The van der Waals surface area contributed by atoms with E-state index in [4.69, 9.17) is 5.73 Å². The molecule has 2 unspecified atom stereocenters. The number of nitrogens with zero attached hydrogens (tertiary/aromatic N) is 1. The molecule has 1 aromatic carbocycles. The number of rotatable bonds is 3. The normalized spacial score (nSPS) is 25.9. The van der Waals surface area contributed by atoms with E-state index in [9.17, 15) is 5.11 Å². The Hall–Kier alpha value is -1.81. The number of aliphatic hydroxyl groups is 1. The molecule has 1 aromatic heterocycles. The molecule has 4 heteroatoms. The number of benzene rings is 1. The summed E-state index contributed by atoms with van der Waals surface area (Å²) in [6.45, 7) is 2.75. The van der Waals surface area contributed by atoms with Gasteiger partial charge >= 0.3 is 0 Å². The number of nitrogens with one attached hydrogen (secondary N) is 1. The van der Waals surface area contributed by atoms with Gasteiger partial charge in [0.1, 0.15) is 0 Å². The van der Waals surface area contributed by atoms with Crippen molar-refractivity contribution in [1.29, 1.82) is 0 Å². The highest BCUT2D eigenvalue weighted by Gasteiger charge is 2.32. The van der Waals surface area contributed by atoms with Crippen LogP contribution in [0.4, 0.5) is 11.4 Å². The Bertz CT molecular complexity index is 643. The van der Waals surface area contributed by atoms with Crippen LogP contribution in [0.1, 0.15) is 32.6 Å². The Kier molecular flexibility index (Phi) is 3.72. The number of nitrogen functional groups attached to an aromatic ring is 1. The first-order valence-electron chi connectivity index (χ1n) is 7.67. The van der Waals surface area contributed by atoms with Crippen LogP contribution in [0.2, 0.25) is 0 Å². The molecule has 1 fully saturated rings. The zero-order chi connectivity index (χ0) is 14.9. The highest BCUT2D eigenvalue weighted by Crippen LogP contribution is 2.34. The molecular formula is C17H23N3O. The van der Waals surface area contributed by atoms with E-state index in [2.05, 4.69) is 17.2 Å². The van der Waals surface area contributed by atoms with Gasteiger partial charge in [-0.05, 0) is 24.8 Å². The molecule has 112 valence electrons. The monoisotopic (exact) mass is 285 g/mol. The van der Waals surface area contributed by atoms with E-state index < -0.39 is 5.60 Å². The molecule has 3 rings (SSSR count). The highest BCUT2D eigenvalue weighted by atomic mass is 16.3. The molecule has 1 heterocycles. The molecule has 0 bridgehead atoms. The molecule has 0 aliphatic heterocycles. The van der Waals surface area contributed by atoms with Crippen LogP contribution in [0.15, 0.2) is 30.5 Å². The van der Waals surface area contributed by atoms with Crippen LogP contribution in [0, 0.1) is 5.92 Å². The highest BCUT2D eigenvalue weighted by molar-refractivity contribution is 5.96. The van der Waals surface area contributed by atoms with E-state index in [0.717, 1.165) is 35.9 Å². The number of aromatic nitrogens is 1. The molecule has 0 radical (unpaired) electrons. The largest absolute Gasteiger partial charge is 0.396 e. The molecule has 2 atom stereocenters. The van der Waals surface area contributed by atoms with Crippen LogP contribution in [0.5, 0.6) is 0 Å². The molecule has 21 heavy (non-hydrogen) atoms. The summed E-state index contributed by atoms with van der Waals surface area (Å²) in [5, 5.41) is 15.1. The summed E-state index contributed by atoms with van der Waals surface area (Å²) in [6, 6.07) is 7.92. The molecule has 0 spiro atoms. The average molecular weight is 285 g/mol. The molecule has 1 saturated carbocycles. The van der Waals surface area contributed by atoms with Crippen LogP contribution >= 0.6 is 0 Å². The first-order chi connectivity index (χ1) is 10.1. The predicted molar refractivity (Wildman–Crippen MR) is 87.2 cm³/mol. The van der Waals surface area contributed by atoms with Gasteiger partial charge in [0.2, 0.25) is 0 Å². The van der Waals surface area contributed by atoms with Crippen molar-refractivity contribution < 1.29 is 5.11 Å². The van der Waals surface area contributed by atoms with Crippen LogP contribution in [0.25, 0.3) is 10.9 Å². The summed E-state index contributed by atoms with van der Waals surface area (Å²) in [7, 11) is 0. The van der Waals surface area contributed by atoms with Gasteiger partial charge in [0, 0.05) is 11.9 Å². The third kappa shape index (κ3) is 2.95. The number of nitrogens with two attached hydrogens (primary N) is 1. The van der Waals surface area contributed by atoms with Crippen LogP contribution in [-0.4, -0.2) is 22.2 Å². The van der Waals surface area contributed by atoms with Crippen molar-refractivity contribution in [2.24, 2.45) is 5.92 Å². The second-order valence-corrected chi connectivity index (χ2v) is 6.39. The minimum Gasteiger partial charge on any atom is -0.396 e. The van der Waals surface area contributed by atoms with Gasteiger partial charge in [-0.15, -0.1) is 0 Å². The smallest absolute Gasteiger partial charge is 0.0821 e. The average Bonchev–Trinajstić information content (AvgIpc) is 2.46. The van der Waals surface area contributed by atoms with Crippen LogP contribution in [-0.2, 0) is 0 Å². The standard InChI is InChI=1S/C17H23N3O/c1-12-5-4-8-17(21,9-12)11-20-16-13-6-2-3-7-15(13)19-10-14(16)18/h2-3,6-7,10,12,21H,4-5,8-9,11,18H2,1H3,(H,19,20). The molecule has 2 aromatic rings. The minimum absolute atomic E-state index is 0.537. The number of hydrogen-bond acceptors (Lipinski definition) is 4. The Balaban J connectivity index is 1.83. The fourth-order valence-electron chi connectivity index (χ4n) is 3.40. The van der Waals surface area contributed by atoms with Gasteiger partial charge in [0.05, 0.1) is 28.7 Å². The number of para-hydroxylation sites is 1. The molecule has 1 aliphatic rings. The lowest BCUT2D eigenvalue weighted by atomic mass is 9.79. The van der Waals surface area contributed by atoms with Gasteiger partial charge < -0.3 is 16.2 Å². The summed E-state index contributed by atoms with van der Waals surface area (Å²) in [5.41, 5.74) is 7.86. The summed E-state index contributed by atoms with van der Waals surface area (Å²) in [4.78, 5) is 4.34. The maximum atomic E-state index is 10.7. The van der Waals surface area contributed by atoms with Crippen molar-refractivity contribution in [2.75, 3.05) is 17.6 Å². The lowest BCUT2D eigenvalue weighted by Crippen LogP contribution is -2.41. The minimum atomic E-state index is -0.630. The fourth-order valence-corrected chi connectivity index (χ4v) is 3.40. The van der Waals surface area contributed by atoms with E-state index in [0.29, 0.717) is 18.2 Å². The van der Waals surface area contributed by atoms with Crippen molar-refractivity contribution in [2.45, 2.75) is 38.2 Å². The number of fused-ring (bicyclic) bond motifs is 1. The third-order valence-corrected chi connectivity index (χ3v) is 4.47. The van der Waals surface area contributed by atoms with Gasteiger partial charge in [-0.25, -0.2) is 0 Å². The zero-order valence-corrected chi connectivity index (χ0v) is 12.5. The summed E-state index contributed by atoms with van der Waals surface area (Å²) in [5.74, 6) is 0.581. The van der Waals surface area contributed by atoms with Crippen LogP contribution < -0.4 is 11.1 Å². The van der Waals surface area contributed by atoms with Gasteiger partial charge in [0.25, 0.3) is 0 Å². The van der Waals surface area contributed by atoms with Crippen molar-refractivity contribution >= 4 is 22.3 Å². The fraction of sp³-hybridized carbons (Fsp3) is 0.471. The summed E-state index contributed by atoms with van der Waals surface area (Å²) >= 11 is 0. The first-order valence-corrected chi connectivity index (χ1v) is 7.67. The molecular weight excluding hydrogens is 262 g/mol. The van der Waals surface area contributed by atoms with Crippen molar-refractivity contribution in [3.05, 3.63) is 30.5 Å². The maximum absolute atomic E-state index is 10.7. The van der Waals surface area contributed by atoms with Gasteiger partial charge in [-0.2, -0.15) is 0 Å². The van der Waals surface area contributed by atoms with E-state index in [1.807, 2.05) is 24.3 Å². The summed E-state index contributed by atoms with van der Waals surface area (Å²) in [6.07, 6.45) is 5.68. The third-order valence-electron chi connectivity index (χ3n) is 4.47. The Morgan fingerprint density at radius 2 is 2.24 bits per heavy atom. The number of anilines is 2. The van der Waals surface area contributed by atoms with E-state index in [-0.39, 0.29) is 0 Å². The first kappa shape index (κ1) is 14.1. The van der Waals surface area contributed by atoms with Crippen LogP contribution in [0.3, 0.4) is 0 Å². The zero-order valence-electron chi connectivity index (χ0n) is 12.5. The second kappa shape index (κ2) is 5.53. The van der Waals surface area contributed by atoms with Gasteiger partial charge in [-0.3, -0.25) is 4.98 Å². The molecule has 1 aliphatic carbocycles. The topological polar surface area (TPSA) is 71.2 Å². The number of hydrogen-bond donors (Lipinski definition) is 3. The number of pyridine rings is 1. The van der Waals surface area contributed by atoms with E-state index >= 15 is 0 Å². The second-order valence-electron chi connectivity index (χ2n) is 6.39. The molecule has 4 nitrogen and oxygen atoms in total. The Morgan fingerprint density at radius 1 is 1.43 bits per heavy atom. The Labute approximate surface area is 125 Å². The van der Waals surface area contributed by atoms with E-state index in [1.54, 1.807) is 6.20 Å². The molecule has 0 saturated heterocycles. The summed E-state index contributed by atoms with van der Waals surface area (Å²) < 4.78 is 0. The maximum Gasteiger partial charge on any atom is 0.0821 e. The van der Waals surface area contributed by atoms with E-state index in [1.165, 1.54) is 6.42 Å². The SMILES string of the molecule is CC1CCCC(O)(CNc2c(N)cnc3ccccc23)C1. The molecule has 0 amide bonds. The van der Waals surface area contributed by atoms with Gasteiger partial charge in [0.15, 0.2) is 0 Å².